The van der Waals surface area contributed by atoms with Gasteiger partial charge in [0.25, 0.3) is 5.91 Å². The van der Waals surface area contributed by atoms with Crippen LogP contribution in [-0.2, 0) is 22.3 Å². The molecule has 0 radical (unpaired) electrons. The molecule has 3 amide bonds. The zero-order valence-electron chi connectivity index (χ0n) is 31.5. The van der Waals surface area contributed by atoms with Gasteiger partial charge in [-0.2, -0.15) is 18.4 Å². The highest BCUT2D eigenvalue weighted by atomic mass is 19.4. The number of ether oxygens (including phenoxy) is 2. The summed E-state index contributed by atoms with van der Waals surface area (Å²) < 4.78 is 82.1. The third-order valence-electron chi connectivity index (χ3n) is 11.4. The van der Waals surface area contributed by atoms with Gasteiger partial charge in [-0.25, -0.2) is 8.78 Å². The largest absolute Gasteiger partial charge is 0.496 e. The molecule has 0 saturated carbocycles. The molecule has 1 unspecified atom stereocenters. The number of alkyl halides is 3. The molecule has 0 bridgehead atoms. The Labute approximate surface area is 326 Å². The third kappa shape index (κ3) is 8.34. The van der Waals surface area contributed by atoms with Gasteiger partial charge in [0.15, 0.2) is 5.82 Å². The number of hydrogen-bond acceptors (Lipinski definition) is 9. The van der Waals surface area contributed by atoms with Crippen molar-refractivity contribution in [1.82, 2.24) is 15.1 Å². The van der Waals surface area contributed by atoms with E-state index in [2.05, 4.69) is 15.1 Å². The van der Waals surface area contributed by atoms with E-state index in [-0.39, 0.29) is 49.5 Å². The Balaban J connectivity index is 0.843. The average Bonchev–Trinajstić information content (AvgIpc) is 3.52. The molecule has 4 aliphatic rings. The predicted molar refractivity (Wildman–Crippen MR) is 199 cm³/mol. The zero-order chi connectivity index (χ0) is 40.4. The Kier molecular flexibility index (Phi) is 11.6. The Morgan fingerprint density at radius 3 is 2.33 bits per heavy atom. The monoisotopic (exact) mass is 794 g/mol. The SMILES string of the molecule is COc1cc(N2CCN(CCCCOc3ccc(C4CCN(c5ccc(C#N)c(C(F)(F)F)c5F)CC4)c(F)c3)CC2)cc2c1C(=O)N(C1CCC(=O)NC1=O)C2. The number of fused-ring (bicyclic) bond motifs is 1. The lowest BCUT2D eigenvalue weighted by atomic mass is 9.88. The quantitative estimate of drug-likeness (QED) is 0.142. The summed E-state index contributed by atoms with van der Waals surface area (Å²) in [6.45, 7) is 5.25. The van der Waals surface area contributed by atoms with Gasteiger partial charge in [-0.05, 0) is 80.0 Å². The van der Waals surface area contributed by atoms with Crippen LogP contribution in [0.4, 0.5) is 33.3 Å². The number of nitrogens with one attached hydrogen (secondary N) is 1. The summed E-state index contributed by atoms with van der Waals surface area (Å²) in [6.07, 6.45) is -2.04. The maximum Gasteiger partial charge on any atom is 0.420 e. The smallest absolute Gasteiger partial charge is 0.420 e. The van der Waals surface area contributed by atoms with Crippen LogP contribution in [0.3, 0.4) is 0 Å². The van der Waals surface area contributed by atoms with E-state index >= 15 is 4.39 Å². The molecule has 4 heterocycles. The number of benzene rings is 3. The number of amides is 3. The molecular formula is C41H43F5N6O5. The fourth-order valence-corrected chi connectivity index (χ4v) is 8.40. The van der Waals surface area contributed by atoms with Gasteiger partial charge < -0.3 is 24.2 Å². The molecule has 11 nitrogen and oxygen atoms in total. The molecule has 0 aromatic heterocycles. The zero-order valence-corrected chi connectivity index (χ0v) is 31.5. The highest BCUT2D eigenvalue weighted by Gasteiger charge is 2.42. The molecule has 3 aromatic rings. The number of unbranched alkanes of at least 4 members (excludes halogenated alkanes) is 1. The first-order valence-electron chi connectivity index (χ1n) is 19.2. The maximum absolute atomic E-state index is 15.2. The molecule has 3 aromatic carbocycles. The van der Waals surface area contributed by atoms with Crippen molar-refractivity contribution in [1.29, 1.82) is 5.26 Å². The van der Waals surface area contributed by atoms with Gasteiger partial charge in [0.05, 0.1) is 36.6 Å². The number of hydrogen-bond donors (Lipinski definition) is 1. The molecule has 7 rings (SSSR count). The van der Waals surface area contributed by atoms with Crippen molar-refractivity contribution in [2.24, 2.45) is 0 Å². The first-order chi connectivity index (χ1) is 27.4. The standard InChI is InChI=1S/C41H43F5N6O5/c1-56-34-21-28(20-27-24-52(40(55)36(27)34)33-8-9-35(53)48-39(33)54)50-17-15-49(16-18-50)12-2-3-19-57-29-5-6-30(31(42)22-29)25-10-13-51(14-11-25)32-7-4-26(23-47)37(38(32)43)41(44,45)46/h4-7,20-22,25,33H,2-3,8-19,24H2,1H3,(H,48,53,54). The summed E-state index contributed by atoms with van der Waals surface area (Å²) in [5, 5.41) is 11.4. The van der Waals surface area contributed by atoms with Crippen LogP contribution in [0.15, 0.2) is 42.5 Å². The van der Waals surface area contributed by atoms with E-state index in [4.69, 9.17) is 14.7 Å². The second kappa shape index (κ2) is 16.6. The summed E-state index contributed by atoms with van der Waals surface area (Å²) >= 11 is 0. The Bertz CT molecular complexity index is 2070. The van der Waals surface area contributed by atoms with Crippen LogP contribution in [0.2, 0.25) is 0 Å². The molecule has 4 aliphatic heterocycles. The van der Waals surface area contributed by atoms with E-state index in [1.165, 1.54) is 35.1 Å². The summed E-state index contributed by atoms with van der Waals surface area (Å²) in [6, 6.07) is 11.5. The van der Waals surface area contributed by atoms with Crippen molar-refractivity contribution in [3.8, 4) is 17.6 Å². The Hall–Kier alpha value is -5.43. The molecule has 302 valence electrons. The number of halogens is 5. The fraction of sp³-hybridized carbons (Fsp3) is 0.463. The average molecular weight is 795 g/mol. The van der Waals surface area contributed by atoms with Gasteiger partial charge >= 0.3 is 6.18 Å². The van der Waals surface area contributed by atoms with Crippen LogP contribution in [0.1, 0.15) is 77.1 Å². The minimum absolute atomic E-state index is 0.188. The number of piperazine rings is 1. The molecule has 57 heavy (non-hydrogen) atoms. The number of nitriles is 1. The molecular weight excluding hydrogens is 751 g/mol. The van der Waals surface area contributed by atoms with Crippen LogP contribution >= 0.6 is 0 Å². The summed E-state index contributed by atoms with van der Waals surface area (Å²) in [4.78, 5) is 45.1. The van der Waals surface area contributed by atoms with Crippen molar-refractivity contribution >= 4 is 29.1 Å². The number of carbonyl (C=O) groups excluding carboxylic acids is 3. The summed E-state index contributed by atoms with van der Waals surface area (Å²) in [7, 11) is 1.52. The van der Waals surface area contributed by atoms with Gasteiger partial charge in [0, 0.05) is 70.1 Å². The Morgan fingerprint density at radius 1 is 0.912 bits per heavy atom. The minimum Gasteiger partial charge on any atom is -0.496 e. The van der Waals surface area contributed by atoms with Gasteiger partial charge in [-0.15, -0.1) is 0 Å². The number of anilines is 2. The number of nitrogens with zero attached hydrogens (tertiary/aromatic N) is 5. The van der Waals surface area contributed by atoms with Gasteiger partial charge in [0.2, 0.25) is 11.8 Å². The number of piperidine rings is 2. The lowest BCUT2D eigenvalue weighted by Crippen LogP contribution is -2.52. The first kappa shape index (κ1) is 39.8. The number of rotatable bonds is 11. The molecule has 1 atom stereocenters. The van der Waals surface area contributed by atoms with E-state index in [0.717, 1.165) is 62.9 Å². The topological polar surface area (TPSA) is 118 Å². The lowest BCUT2D eigenvalue weighted by molar-refractivity contribution is -0.140. The molecule has 0 spiro atoms. The second-order valence-electron chi connectivity index (χ2n) is 14.8. The van der Waals surface area contributed by atoms with Crippen molar-refractivity contribution < 1.29 is 45.8 Å². The molecule has 0 aliphatic carbocycles. The van der Waals surface area contributed by atoms with Gasteiger partial charge in [0.1, 0.15) is 28.9 Å². The van der Waals surface area contributed by atoms with Crippen LogP contribution in [0.5, 0.6) is 11.5 Å². The predicted octanol–water partition coefficient (Wildman–Crippen LogP) is 5.99. The highest BCUT2D eigenvalue weighted by Crippen LogP contribution is 2.41. The van der Waals surface area contributed by atoms with Crippen molar-refractivity contribution in [3.63, 3.8) is 0 Å². The van der Waals surface area contributed by atoms with Crippen molar-refractivity contribution in [3.05, 3.63) is 81.9 Å². The molecule has 3 fully saturated rings. The van der Waals surface area contributed by atoms with E-state index in [1.54, 1.807) is 12.1 Å². The lowest BCUT2D eigenvalue weighted by Gasteiger charge is -2.36. The second-order valence-corrected chi connectivity index (χ2v) is 14.8. The Morgan fingerprint density at radius 2 is 1.67 bits per heavy atom. The van der Waals surface area contributed by atoms with Crippen LogP contribution in [-0.4, -0.2) is 93.1 Å². The van der Waals surface area contributed by atoms with E-state index in [9.17, 15) is 31.9 Å². The van der Waals surface area contributed by atoms with E-state index < -0.39 is 40.9 Å². The minimum atomic E-state index is -5.01. The van der Waals surface area contributed by atoms with Crippen LogP contribution in [0, 0.1) is 23.0 Å². The summed E-state index contributed by atoms with van der Waals surface area (Å²) in [5.41, 5.74) is 0.132. The van der Waals surface area contributed by atoms with E-state index in [1.807, 2.05) is 12.1 Å². The summed E-state index contributed by atoms with van der Waals surface area (Å²) in [5.74, 6) is -2.26. The van der Waals surface area contributed by atoms with Gasteiger partial charge in [-0.3, -0.25) is 24.6 Å². The van der Waals surface area contributed by atoms with Gasteiger partial charge in [-0.1, -0.05) is 6.07 Å². The van der Waals surface area contributed by atoms with Crippen molar-refractivity contribution in [2.45, 2.75) is 63.2 Å². The van der Waals surface area contributed by atoms with Crippen LogP contribution < -0.4 is 24.6 Å². The van der Waals surface area contributed by atoms with Crippen LogP contribution in [0.25, 0.3) is 0 Å². The normalized spacial score (nSPS) is 19.4. The first-order valence-corrected chi connectivity index (χ1v) is 19.2. The molecule has 16 heteroatoms. The van der Waals surface area contributed by atoms with E-state index in [0.29, 0.717) is 48.5 Å². The third-order valence-corrected chi connectivity index (χ3v) is 11.4. The number of imide groups is 1. The fourth-order valence-electron chi connectivity index (χ4n) is 8.40. The number of carbonyl (C=O) groups is 3. The van der Waals surface area contributed by atoms with Crippen molar-refractivity contribution in [2.75, 3.05) is 69.3 Å². The highest BCUT2D eigenvalue weighted by molar-refractivity contribution is 6.06. The molecule has 1 N–H and O–H groups in total. The molecule has 3 saturated heterocycles. The number of methoxy groups -OCH3 is 1. The maximum atomic E-state index is 15.2.